The Balaban J connectivity index is 2.93. The van der Waals surface area contributed by atoms with E-state index in [0.29, 0.717) is 23.5 Å². The fourth-order valence-corrected chi connectivity index (χ4v) is 1.99. The highest BCUT2D eigenvalue weighted by atomic mass is 16.3. The Bertz CT molecular complexity index is 434. The van der Waals surface area contributed by atoms with E-state index in [1.807, 2.05) is 13.8 Å². The molecule has 0 radical (unpaired) electrons. The first-order chi connectivity index (χ1) is 8.98. The first-order valence-corrected chi connectivity index (χ1v) is 6.52. The van der Waals surface area contributed by atoms with Gasteiger partial charge in [0.15, 0.2) is 0 Å². The lowest BCUT2D eigenvalue weighted by atomic mass is 9.83. The lowest BCUT2D eigenvalue weighted by Gasteiger charge is -2.30. The predicted octanol–water partition coefficient (Wildman–Crippen LogP) is 1.58. The van der Waals surface area contributed by atoms with Crippen molar-refractivity contribution in [1.29, 1.82) is 0 Å². The molecule has 0 aliphatic heterocycles. The average molecular weight is 265 g/mol. The predicted molar refractivity (Wildman–Crippen MR) is 78.0 cm³/mol. The lowest BCUT2D eigenvalue weighted by Crippen LogP contribution is -2.32. The third kappa shape index (κ3) is 3.61. The molecule has 0 atom stereocenters. The van der Waals surface area contributed by atoms with Gasteiger partial charge < -0.3 is 21.9 Å². The molecule has 0 saturated carbocycles. The molecule has 0 fully saturated rings. The van der Waals surface area contributed by atoms with Gasteiger partial charge in [-0.15, -0.1) is 0 Å². The minimum absolute atomic E-state index is 0.0984. The van der Waals surface area contributed by atoms with Gasteiger partial charge in [0.1, 0.15) is 0 Å². The molecule has 5 nitrogen and oxygen atoms in total. The zero-order valence-corrected chi connectivity index (χ0v) is 11.6. The Hall–Kier alpha value is -1.75. The number of nitrogens with two attached hydrogens (primary N) is 2. The third-order valence-corrected chi connectivity index (χ3v) is 3.80. The van der Waals surface area contributed by atoms with Crippen LogP contribution in [-0.2, 0) is 0 Å². The number of primary amides is 1. The van der Waals surface area contributed by atoms with Gasteiger partial charge in [0.05, 0.1) is 12.2 Å². The summed E-state index contributed by atoms with van der Waals surface area (Å²) in [6, 6.07) is 4.94. The maximum absolute atomic E-state index is 11.4. The first-order valence-electron chi connectivity index (χ1n) is 6.52. The number of aliphatic hydroxyl groups excluding tert-OH is 1. The molecule has 1 aromatic carbocycles. The van der Waals surface area contributed by atoms with Crippen LogP contribution >= 0.6 is 0 Å². The molecule has 5 heteroatoms. The number of anilines is 2. The van der Waals surface area contributed by atoms with Crippen molar-refractivity contribution in [3.05, 3.63) is 23.8 Å². The number of benzene rings is 1. The van der Waals surface area contributed by atoms with Crippen LogP contribution in [0.2, 0.25) is 0 Å². The molecule has 0 spiro atoms. The third-order valence-electron chi connectivity index (χ3n) is 3.80. The fraction of sp³-hybridized carbons (Fsp3) is 0.500. The smallest absolute Gasteiger partial charge is 0.250 e. The molecular formula is C14H23N3O2. The number of hydrogen-bond acceptors (Lipinski definition) is 4. The number of hydrogen-bond donors (Lipinski definition) is 4. The van der Waals surface area contributed by atoms with Crippen LogP contribution in [0.4, 0.5) is 11.4 Å². The van der Waals surface area contributed by atoms with E-state index in [2.05, 4.69) is 5.32 Å². The zero-order chi connectivity index (χ0) is 14.5. The second-order valence-corrected chi connectivity index (χ2v) is 4.89. The molecule has 1 aromatic rings. The molecule has 0 aliphatic carbocycles. The van der Waals surface area contributed by atoms with Crippen molar-refractivity contribution >= 4 is 17.3 Å². The fourth-order valence-electron chi connectivity index (χ4n) is 1.99. The van der Waals surface area contributed by atoms with Crippen molar-refractivity contribution in [1.82, 2.24) is 0 Å². The molecular weight excluding hydrogens is 242 g/mol. The Labute approximate surface area is 114 Å². The van der Waals surface area contributed by atoms with Crippen LogP contribution < -0.4 is 16.8 Å². The highest BCUT2D eigenvalue weighted by Crippen LogP contribution is 2.27. The van der Waals surface area contributed by atoms with Crippen molar-refractivity contribution in [2.75, 3.05) is 24.2 Å². The average Bonchev–Trinajstić information content (AvgIpc) is 2.40. The largest absolute Gasteiger partial charge is 0.399 e. The normalized spacial score (nSPS) is 11.3. The van der Waals surface area contributed by atoms with Crippen LogP contribution in [0.25, 0.3) is 0 Å². The molecule has 0 heterocycles. The van der Waals surface area contributed by atoms with Crippen molar-refractivity contribution in [3.63, 3.8) is 0 Å². The van der Waals surface area contributed by atoms with E-state index in [4.69, 9.17) is 11.5 Å². The van der Waals surface area contributed by atoms with Crippen LogP contribution in [0, 0.1) is 5.41 Å². The maximum Gasteiger partial charge on any atom is 0.250 e. The monoisotopic (exact) mass is 265 g/mol. The van der Waals surface area contributed by atoms with Crippen LogP contribution in [0.15, 0.2) is 18.2 Å². The number of rotatable bonds is 7. The summed E-state index contributed by atoms with van der Waals surface area (Å²) in [7, 11) is 0. The summed E-state index contributed by atoms with van der Waals surface area (Å²) in [4.78, 5) is 11.4. The summed E-state index contributed by atoms with van der Waals surface area (Å²) >= 11 is 0. The van der Waals surface area contributed by atoms with E-state index in [1.54, 1.807) is 18.2 Å². The standard InChI is InChI=1S/C14H23N3O2/c1-3-14(4-2,9-18)8-17-12-7-10(15)5-6-11(12)13(16)19/h5-7,17-18H,3-4,8-9,15H2,1-2H3,(H2,16,19). The summed E-state index contributed by atoms with van der Waals surface area (Å²) in [6.45, 7) is 4.74. The molecule has 0 unspecified atom stereocenters. The highest BCUT2D eigenvalue weighted by molar-refractivity contribution is 5.99. The second-order valence-electron chi connectivity index (χ2n) is 4.89. The molecule has 1 amide bonds. The summed E-state index contributed by atoms with van der Waals surface area (Å²) in [6.07, 6.45) is 1.70. The lowest BCUT2D eigenvalue weighted by molar-refractivity contribution is 0.100. The van der Waals surface area contributed by atoms with Crippen LogP contribution in [0.1, 0.15) is 37.0 Å². The molecule has 1 rings (SSSR count). The van der Waals surface area contributed by atoms with Gasteiger partial charge in [0, 0.05) is 23.3 Å². The van der Waals surface area contributed by atoms with Crippen LogP contribution in [-0.4, -0.2) is 24.2 Å². The van der Waals surface area contributed by atoms with Gasteiger partial charge in [-0.3, -0.25) is 4.79 Å². The number of amides is 1. The topological polar surface area (TPSA) is 101 Å². The Kier molecular flexibility index (Phi) is 5.18. The number of aliphatic hydroxyl groups is 1. The molecule has 0 bridgehead atoms. The second kappa shape index (κ2) is 6.43. The van der Waals surface area contributed by atoms with Crippen molar-refractivity contribution < 1.29 is 9.90 Å². The summed E-state index contributed by atoms with van der Waals surface area (Å²) < 4.78 is 0. The van der Waals surface area contributed by atoms with Crippen molar-refractivity contribution in [2.24, 2.45) is 11.1 Å². The van der Waals surface area contributed by atoms with Gasteiger partial charge in [-0.2, -0.15) is 0 Å². The molecule has 106 valence electrons. The van der Waals surface area contributed by atoms with E-state index in [-0.39, 0.29) is 12.0 Å². The minimum atomic E-state index is -0.495. The molecule has 0 aliphatic rings. The Morgan fingerprint density at radius 3 is 2.47 bits per heavy atom. The summed E-state index contributed by atoms with van der Waals surface area (Å²) in [5.41, 5.74) is 12.5. The SMILES string of the molecule is CCC(CC)(CO)CNc1cc(N)ccc1C(N)=O. The van der Waals surface area contributed by atoms with Gasteiger partial charge in [0.2, 0.25) is 0 Å². The number of carbonyl (C=O) groups excluding carboxylic acids is 1. The van der Waals surface area contributed by atoms with Crippen LogP contribution in [0.3, 0.4) is 0 Å². The Morgan fingerprint density at radius 1 is 1.37 bits per heavy atom. The van der Waals surface area contributed by atoms with E-state index in [9.17, 15) is 9.90 Å². The van der Waals surface area contributed by atoms with Gasteiger partial charge in [-0.05, 0) is 31.0 Å². The highest BCUT2D eigenvalue weighted by Gasteiger charge is 2.25. The zero-order valence-electron chi connectivity index (χ0n) is 11.6. The first kappa shape index (κ1) is 15.3. The van der Waals surface area contributed by atoms with E-state index in [1.165, 1.54) is 0 Å². The molecule has 0 aromatic heterocycles. The number of nitrogen functional groups attached to an aromatic ring is 1. The van der Waals surface area contributed by atoms with Gasteiger partial charge >= 0.3 is 0 Å². The molecule has 6 N–H and O–H groups in total. The van der Waals surface area contributed by atoms with Gasteiger partial charge in [-0.25, -0.2) is 0 Å². The summed E-state index contributed by atoms with van der Waals surface area (Å²) in [5, 5.41) is 12.7. The van der Waals surface area contributed by atoms with E-state index < -0.39 is 5.91 Å². The minimum Gasteiger partial charge on any atom is -0.399 e. The maximum atomic E-state index is 11.4. The van der Waals surface area contributed by atoms with Crippen LogP contribution in [0.5, 0.6) is 0 Å². The van der Waals surface area contributed by atoms with E-state index >= 15 is 0 Å². The molecule has 0 saturated heterocycles. The quantitative estimate of drug-likeness (QED) is 0.562. The number of nitrogens with one attached hydrogen (secondary N) is 1. The number of carbonyl (C=O) groups is 1. The summed E-state index contributed by atoms with van der Waals surface area (Å²) in [5.74, 6) is -0.495. The van der Waals surface area contributed by atoms with Crippen molar-refractivity contribution in [2.45, 2.75) is 26.7 Å². The molecule has 19 heavy (non-hydrogen) atoms. The van der Waals surface area contributed by atoms with Gasteiger partial charge in [-0.1, -0.05) is 13.8 Å². The van der Waals surface area contributed by atoms with Gasteiger partial charge in [0.25, 0.3) is 5.91 Å². The van der Waals surface area contributed by atoms with E-state index in [0.717, 1.165) is 12.8 Å². The van der Waals surface area contributed by atoms with Crippen molar-refractivity contribution in [3.8, 4) is 0 Å². The Morgan fingerprint density at radius 2 is 2.00 bits per heavy atom.